The van der Waals surface area contributed by atoms with Crippen molar-refractivity contribution in [3.05, 3.63) is 35.9 Å². The fourth-order valence-electron chi connectivity index (χ4n) is 4.62. The summed E-state index contributed by atoms with van der Waals surface area (Å²) in [5.74, 6) is 0.315. The predicted octanol–water partition coefficient (Wildman–Crippen LogP) is 4.15. The van der Waals surface area contributed by atoms with Crippen LogP contribution in [0.15, 0.2) is 30.3 Å². The van der Waals surface area contributed by atoms with Gasteiger partial charge in [-0.25, -0.2) is 9.59 Å². The summed E-state index contributed by atoms with van der Waals surface area (Å²) in [7, 11) is 0. The summed E-state index contributed by atoms with van der Waals surface area (Å²) in [6.45, 7) is 12.5. The molecule has 0 aliphatic carbocycles. The summed E-state index contributed by atoms with van der Waals surface area (Å²) in [5.41, 5.74) is 0.464. The van der Waals surface area contributed by atoms with Crippen molar-refractivity contribution in [2.75, 3.05) is 19.8 Å². The molecule has 1 aromatic carbocycles. The SMILES string of the molecule is CC(C)C[C@@H](C=O)N1CN(C(=O)OC(C)(C)C)[C@@H](Cc2ccccc2)[C@H]1CCN[C@@H](C)COC(=O)O. The van der Waals surface area contributed by atoms with Crippen molar-refractivity contribution in [3.8, 4) is 0 Å². The summed E-state index contributed by atoms with van der Waals surface area (Å²) in [6.07, 6.45) is 1.28. The van der Waals surface area contributed by atoms with Gasteiger partial charge >= 0.3 is 12.2 Å². The minimum atomic E-state index is -1.30. The number of nitrogens with zero attached hydrogens (tertiary/aromatic N) is 2. The molecule has 9 heteroatoms. The number of nitrogens with one attached hydrogen (secondary N) is 1. The lowest BCUT2D eigenvalue weighted by atomic mass is 9.94. The van der Waals surface area contributed by atoms with Gasteiger partial charge in [-0.3, -0.25) is 9.80 Å². The van der Waals surface area contributed by atoms with E-state index in [2.05, 4.69) is 28.8 Å². The fourth-order valence-corrected chi connectivity index (χ4v) is 4.62. The molecular weight excluding hydrogens is 462 g/mol. The van der Waals surface area contributed by atoms with Crippen LogP contribution in [0.2, 0.25) is 0 Å². The molecule has 0 saturated carbocycles. The van der Waals surface area contributed by atoms with Crippen molar-refractivity contribution in [2.45, 2.75) is 90.6 Å². The van der Waals surface area contributed by atoms with E-state index in [4.69, 9.17) is 9.84 Å². The van der Waals surface area contributed by atoms with Gasteiger partial charge in [0, 0.05) is 12.1 Å². The topological polar surface area (TPSA) is 108 Å². The van der Waals surface area contributed by atoms with Gasteiger partial charge in [-0.05, 0) is 65.0 Å². The lowest BCUT2D eigenvalue weighted by molar-refractivity contribution is -0.113. The molecule has 1 aliphatic rings. The highest BCUT2D eigenvalue weighted by Crippen LogP contribution is 2.31. The molecule has 0 bridgehead atoms. The van der Waals surface area contributed by atoms with Gasteiger partial charge in [0.05, 0.1) is 18.8 Å². The highest BCUT2D eigenvalue weighted by atomic mass is 16.7. The second kappa shape index (κ2) is 13.6. The van der Waals surface area contributed by atoms with Gasteiger partial charge in [0.1, 0.15) is 18.5 Å². The van der Waals surface area contributed by atoms with E-state index in [-0.39, 0.29) is 36.9 Å². The molecule has 0 spiro atoms. The van der Waals surface area contributed by atoms with Crippen molar-refractivity contribution in [1.29, 1.82) is 0 Å². The highest BCUT2D eigenvalue weighted by Gasteiger charge is 2.46. The molecule has 1 fully saturated rings. The number of carbonyl (C=O) groups excluding carboxylic acids is 2. The molecule has 2 N–H and O–H groups in total. The predicted molar refractivity (Wildman–Crippen MR) is 138 cm³/mol. The van der Waals surface area contributed by atoms with Gasteiger partial charge in [0.25, 0.3) is 0 Å². The van der Waals surface area contributed by atoms with Crippen molar-refractivity contribution in [3.63, 3.8) is 0 Å². The van der Waals surface area contributed by atoms with Gasteiger partial charge < -0.3 is 24.7 Å². The average molecular weight is 506 g/mol. The molecule has 4 atom stereocenters. The van der Waals surface area contributed by atoms with Gasteiger partial charge in [0.2, 0.25) is 0 Å². The summed E-state index contributed by atoms with van der Waals surface area (Å²) in [5, 5.41) is 12.1. The molecule has 0 unspecified atom stereocenters. The molecule has 1 aliphatic heterocycles. The minimum Gasteiger partial charge on any atom is -0.450 e. The van der Waals surface area contributed by atoms with Crippen LogP contribution in [0.1, 0.15) is 59.9 Å². The van der Waals surface area contributed by atoms with Crippen molar-refractivity contribution >= 4 is 18.5 Å². The second-order valence-electron chi connectivity index (χ2n) is 11.0. The lowest BCUT2D eigenvalue weighted by Gasteiger charge is -2.32. The Morgan fingerprint density at radius 3 is 2.39 bits per heavy atom. The molecule has 0 aromatic heterocycles. The number of hydrogen-bond acceptors (Lipinski definition) is 7. The van der Waals surface area contributed by atoms with Gasteiger partial charge in [0.15, 0.2) is 0 Å². The first-order valence-electron chi connectivity index (χ1n) is 12.7. The summed E-state index contributed by atoms with van der Waals surface area (Å²) >= 11 is 0. The van der Waals surface area contributed by atoms with Gasteiger partial charge in [-0.1, -0.05) is 44.2 Å². The maximum absolute atomic E-state index is 13.3. The van der Waals surface area contributed by atoms with E-state index in [1.54, 1.807) is 4.90 Å². The zero-order chi connectivity index (χ0) is 26.9. The van der Waals surface area contributed by atoms with Crippen LogP contribution in [-0.2, 0) is 20.7 Å². The number of benzene rings is 1. The number of amides is 1. The summed E-state index contributed by atoms with van der Waals surface area (Å²) < 4.78 is 10.4. The number of carboxylic acid groups (broad SMARTS) is 1. The average Bonchev–Trinajstić information content (AvgIpc) is 3.13. The number of rotatable bonds is 12. The molecule has 1 aromatic rings. The zero-order valence-electron chi connectivity index (χ0n) is 22.5. The molecule has 9 nitrogen and oxygen atoms in total. The fraction of sp³-hybridized carbons (Fsp3) is 0.667. The molecular formula is C27H43N3O6. The second-order valence-corrected chi connectivity index (χ2v) is 11.0. The smallest absolute Gasteiger partial charge is 0.450 e. The lowest BCUT2D eigenvalue weighted by Crippen LogP contribution is -2.47. The Morgan fingerprint density at radius 1 is 1.17 bits per heavy atom. The number of carbonyl (C=O) groups is 3. The molecule has 36 heavy (non-hydrogen) atoms. The molecule has 1 heterocycles. The van der Waals surface area contributed by atoms with Crippen LogP contribution in [0.3, 0.4) is 0 Å². The number of hydrogen-bond donors (Lipinski definition) is 2. The van der Waals surface area contributed by atoms with Gasteiger partial charge in [-0.15, -0.1) is 0 Å². The van der Waals surface area contributed by atoms with Crippen molar-refractivity contribution < 1.29 is 29.0 Å². The van der Waals surface area contributed by atoms with Crippen LogP contribution in [-0.4, -0.2) is 83.0 Å². The Balaban J connectivity index is 2.32. The van der Waals surface area contributed by atoms with Crippen LogP contribution in [0.4, 0.5) is 9.59 Å². The van der Waals surface area contributed by atoms with E-state index in [1.807, 2.05) is 58.0 Å². The summed E-state index contributed by atoms with van der Waals surface area (Å²) in [6, 6.07) is 9.24. The standard InChI is InChI=1S/C27H43N3O6/c1-19(2)14-22(16-31)29-18-30(25(32)36-27(4,5)6)24(15-21-10-8-7-9-11-21)23(29)12-13-28-20(3)17-35-26(33)34/h7-11,16,19-20,22-24,28H,12-15,17-18H2,1-6H3,(H,33,34)/t20-,22-,23+,24-/m0/s1. The maximum Gasteiger partial charge on any atom is 0.505 e. The molecule has 2 rings (SSSR count). The Morgan fingerprint density at radius 2 is 1.83 bits per heavy atom. The Bertz CT molecular complexity index is 842. The van der Waals surface area contributed by atoms with E-state index < -0.39 is 11.8 Å². The third-order valence-corrected chi connectivity index (χ3v) is 6.19. The minimum absolute atomic E-state index is 0.0471. The summed E-state index contributed by atoms with van der Waals surface area (Å²) in [4.78, 5) is 40.1. The molecule has 202 valence electrons. The van der Waals surface area contributed by atoms with E-state index in [1.165, 1.54) is 0 Å². The maximum atomic E-state index is 13.3. The van der Waals surface area contributed by atoms with E-state index in [9.17, 15) is 14.4 Å². The van der Waals surface area contributed by atoms with E-state index in [0.717, 1.165) is 11.8 Å². The largest absolute Gasteiger partial charge is 0.505 e. The Kier molecular flexibility index (Phi) is 11.2. The van der Waals surface area contributed by atoms with Crippen LogP contribution < -0.4 is 5.32 Å². The van der Waals surface area contributed by atoms with Crippen molar-refractivity contribution in [2.24, 2.45) is 5.92 Å². The number of aldehydes is 1. The molecule has 1 amide bonds. The molecule has 1 saturated heterocycles. The van der Waals surface area contributed by atoms with Gasteiger partial charge in [-0.2, -0.15) is 0 Å². The molecule has 0 radical (unpaired) electrons. The van der Waals surface area contributed by atoms with Crippen molar-refractivity contribution in [1.82, 2.24) is 15.1 Å². The first-order valence-corrected chi connectivity index (χ1v) is 12.7. The first kappa shape index (κ1) is 29.6. The highest BCUT2D eigenvalue weighted by molar-refractivity contribution is 5.69. The Labute approximate surface area is 215 Å². The van der Waals surface area contributed by atoms with Crippen LogP contribution in [0.25, 0.3) is 0 Å². The van der Waals surface area contributed by atoms with Crippen LogP contribution >= 0.6 is 0 Å². The zero-order valence-corrected chi connectivity index (χ0v) is 22.5. The quantitative estimate of drug-likeness (QED) is 0.322. The van der Waals surface area contributed by atoms with E-state index >= 15 is 0 Å². The Hall–Kier alpha value is -2.65. The van der Waals surface area contributed by atoms with Crippen LogP contribution in [0, 0.1) is 5.92 Å². The van der Waals surface area contributed by atoms with E-state index in [0.29, 0.717) is 38.4 Å². The normalized spacial score (nSPS) is 20.2. The third-order valence-electron chi connectivity index (χ3n) is 6.19. The monoisotopic (exact) mass is 505 g/mol. The number of ether oxygens (including phenoxy) is 2. The third kappa shape index (κ3) is 9.43. The first-order chi connectivity index (χ1) is 16.9. The van der Waals surface area contributed by atoms with Crippen LogP contribution in [0.5, 0.6) is 0 Å².